The van der Waals surface area contributed by atoms with Crippen molar-refractivity contribution in [1.29, 1.82) is 0 Å². The van der Waals surface area contributed by atoms with Crippen molar-refractivity contribution < 1.29 is 28.9 Å². The Balaban J connectivity index is 2.53. The summed E-state index contributed by atoms with van der Waals surface area (Å²) in [6.45, 7) is 5.57. The fourth-order valence-corrected chi connectivity index (χ4v) is 3.69. The number of amides is 1. The van der Waals surface area contributed by atoms with E-state index in [9.17, 15) is 14.7 Å². The molecule has 0 saturated carbocycles. The van der Waals surface area contributed by atoms with Crippen LogP contribution in [0.1, 0.15) is 37.8 Å². The molecule has 1 amide bonds. The third-order valence-electron chi connectivity index (χ3n) is 4.12. The van der Waals surface area contributed by atoms with Gasteiger partial charge < -0.3 is 19.3 Å². The monoisotopic (exact) mass is 419 g/mol. The van der Waals surface area contributed by atoms with Gasteiger partial charge in [0, 0.05) is 6.42 Å². The van der Waals surface area contributed by atoms with E-state index in [0.717, 1.165) is 22.9 Å². The van der Waals surface area contributed by atoms with Crippen LogP contribution in [-0.4, -0.2) is 42.9 Å². The minimum Gasteiger partial charge on any atom is -0.506 e. The molecule has 0 saturated heterocycles. The Bertz CT molecular complexity index is 901. The lowest BCUT2D eigenvalue weighted by Crippen LogP contribution is -2.14. The van der Waals surface area contributed by atoms with E-state index in [0.29, 0.717) is 22.8 Å². The lowest BCUT2D eigenvalue weighted by molar-refractivity contribution is -0.138. The van der Waals surface area contributed by atoms with Gasteiger partial charge in [0.05, 0.1) is 25.7 Å². The fraction of sp³-hybridized carbons (Fsp3) is 0.381. The molecular formula is C21H25NO6S. The van der Waals surface area contributed by atoms with Crippen LogP contribution in [0.25, 0.3) is 6.08 Å². The second kappa shape index (κ2) is 10.2. The summed E-state index contributed by atoms with van der Waals surface area (Å²) in [6, 6.07) is 3.59. The summed E-state index contributed by atoms with van der Waals surface area (Å²) in [5.74, 6) is -0.202. The Hall–Kier alpha value is -2.74. The van der Waals surface area contributed by atoms with E-state index in [2.05, 4.69) is 4.99 Å². The number of thioether (sulfide) groups is 1. The molecule has 1 aromatic rings. The van der Waals surface area contributed by atoms with Crippen molar-refractivity contribution in [2.75, 3.05) is 20.8 Å². The second-order valence-electron chi connectivity index (χ2n) is 6.18. The number of methoxy groups -OCH3 is 2. The third kappa shape index (κ3) is 5.20. The average molecular weight is 419 g/mol. The number of hydrogen-bond donors (Lipinski definition) is 1. The zero-order valence-electron chi connectivity index (χ0n) is 17.2. The number of rotatable bonds is 7. The molecule has 1 heterocycles. The first-order valence-corrected chi connectivity index (χ1v) is 10.0. The molecule has 0 unspecified atom stereocenters. The molecule has 0 fully saturated rings. The number of carbonyl (C=O) groups excluding carboxylic acids is 2. The number of aliphatic imine (C=N–C) groups is 1. The maximum atomic E-state index is 12.3. The van der Waals surface area contributed by atoms with E-state index >= 15 is 0 Å². The molecule has 0 spiro atoms. The van der Waals surface area contributed by atoms with Crippen LogP contribution < -0.4 is 9.47 Å². The predicted molar refractivity (Wildman–Crippen MR) is 113 cm³/mol. The van der Waals surface area contributed by atoms with Gasteiger partial charge >= 0.3 is 5.97 Å². The zero-order valence-corrected chi connectivity index (χ0v) is 18.0. The highest BCUT2D eigenvalue weighted by molar-refractivity contribution is 8.18. The van der Waals surface area contributed by atoms with E-state index in [4.69, 9.17) is 14.2 Å². The van der Waals surface area contributed by atoms with Crippen molar-refractivity contribution in [2.45, 2.75) is 33.6 Å². The maximum absolute atomic E-state index is 12.3. The fourth-order valence-electron chi connectivity index (χ4n) is 2.67. The molecule has 1 aliphatic rings. The van der Waals surface area contributed by atoms with Gasteiger partial charge in [-0.15, -0.1) is 0 Å². The Morgan fingerprint density at radius 1 is 1.17 bits per heavy atom. The van der Waals surface area contributed by atoms with Gasteiger partial charge in [0.15, 0.2) is 11.5 Å². The minimum atomic E-state index is -0.715. The van der Waals surface area contributed by atoms with E-state index in [-0.39, 0.29) is 35.3 Å². The predicted octanol–water partition coefficient (Wildman–Crippen LogP) is 4.20. The van der Waals surface area contributed by atoms with Gasteiger partial charge in [-0.25, -0.2) is 9.79 Å². The molecule has 7 nitrogen and oxygen atoms in total. The zero-order chi connectivity index (χ0) is 21.6. The number of ether oxygens (including phenoxy) is 3. The van der Waals surface area contributed by atoms with Crippen LogP contribution in [0.15, 0.2) is 33.4 Å². The van der Waals surface area contributed by atoms with Crippen LogP contribution in [-0.2, 0) is 14.3 Å². The Morgan fingerprint density at radius 2 is 1.83 bits per heavy atom. The quantitative estimate of drug-likeness (QED) is 0.662. The summed E-state index contributed by atoms with van der Waals surface area (Å²) in [5, 5.41) is 10.8. The van der Waals surface area contributed by atoms with Gasteiger partial charge in [0.25, 0.3) is 0 Å². The van der Waals surface area contributed by atoms with Crippen molar-refractivity contribution in [3.05, 3.63) is 39.5 Å². The number of esters is 1. The number of benzene rings is 1. The largest absolute Gasteiger partial charge is 0.506 e. The standard InChI is InChI=1S/C21H25NO6S/c1-6-8-17(23)22-20-18(21(25)28-7-2)19(24)16(29-20)11-13-10-15(27-5)14(26-4)9-12(13)3/h9-11,24H,6-8H2,1-5H3/b16-11-,22-20?. The SMILES string of the molecule is CCCC(=O)N=C1S/C(=C\c2cc(OC)c(OC)cc2C)C(O)=C1C(=O)OCC. The maximum Gasteiger partial charge on any atom is 0.344 e. The summed E-state index contributed by atoms with van der Waals surface area (Å²) >= 11 is 1.06. The number of aliphatic hydroxyl groups is 1. The molecule has 29 heavy (non-hydrogen) atoms. The number of aliphatic hydroxyl groups excluding tert-OH is 1. The number of carbonyl (C=O) groups is 2. The van der Waals surface area contributed by atoms with Crippen LogP contribution in [0.2, 0.25) is 0 Å². The molecule has 8 heteroatoms. The molecule has 0 aliphatic carbocycles. The molecule has 2 rings (SSSR count). The molecule has 0 atom stereocenters. The van der Waals surface area contributed by atoms with Crippen molar-refractivity contribution in [2.24, 2.45) is 4.99 Å². The topological polar surface area (TPSA) is 94.4 Å². The Kier molecular flexibility index (Phi) is 7.90. The van der Waals surface area contributed by atoms with Gasteiger partial charge in [0.1, 0.15) is 16.4 Å². The van der Waals surface area contributed by atoms with E-state index in [1.165, 1.54) is 7.11 Å². The molecule has 156 valence electrons. The van der Waals surface area contributed by atoms with Crippen molar-refractivity contribution in [3.8, 4) is 11.5 Å². The molecule has 0 aromatic heterocycles. The smallest absolute Gasteiger partial charge is 0.344 e. The van der Waals surface area contributed by atoms with Crippen LogP contribution in [0.4, 0.5) is 0 Å². The van der Waals surface area contributed by atoms with E-state index in [1.54, 1.807) is 26.2 Å². The molecule has 1 aliphatic heterocycles. The first kappa shape index (κ1) is 22.5. The molecule has 1 N–H and O–H groups in total. The van der Waals surface area contributed by atoms with Gasteiger partial charge in [0.2, 0.25) is 5.91 Å². The summed E-state index contributed by atoms with van der Waals surface area (Å²) in [5.41, 5.74) is 1.56. The summed E-state index contributed by atoms with van der Waals surface area (Å²) < 4.78 is 15.7. The van der Waals surface area contributed by atoms with Crippen molar-refractivity contribution in [1.82, 2.24) is 0 Å². The molecular weight excluding hydrogens is 394 g/mol. The number of aryl methyl sites for hydroxylation is 1. The van der Waals surface area contributed by atoms with Gasteiger partial charge in [-0.1, -0.05) is 18.7 Å². The lowest BCUT2D eigenvalue weighted by atomic mass is 10.1. The Morgan fingerprint density at radius 3 is 2.41 bits per heavy atom. The normalized spacial score (nSPS) is 16.4. The van der Waals surface area contributed by atoms with Gasteiger partial charge in [-0.05, 0) is 49.6 Å². The number of nitrogens with zero attached hydrogens (tertiary/aromatic N) is 1. The van der Waals surface area contributed by atoms with Crippen molar-refractivity contribution >= 4 is 34.8 Å². The van der Waals surface area contributed by atoms with Crippen molar-refractivity contribution in [3.63, 3.8) is 0 Å². The molecule has 0 bridgehead atoms. The van der Waals surface area contributed by atoms with Crippen LogP contribution in [0.3, 0.4) is 0 Å². The first-order valence-electron chi connectivity index (χ1n) is 9.20. The van der Waals surface area contributed by atoms with Crippen LogP contribution in [0.5, 0.6) is 11.5 Å². The van der Waals surface area contributed by atoms with Crippen LogP contribution in [0, 0.1) is 6.92 Å². The highest BCUT2D eigenvalue weighted by Gasteiger charge is 2.33. The lowest BCUT2D eigenvalue weighted by Gasteiger charge is -2.11. The molecule has 0 radical (unpaired) electrons. The Labute approximate surface area is 174 Å². The highest BCUT2D eigenvalue weighted by atomic mass is 32.2. The summed E-state index contributed by atoms with van der Waals surface area (Å²) in [4.78, 5) is 28.8. The third-order valence-corrected chi connectivity index (χ3v) is 5.14. The first-order chi connectivity index (χ1) is 13.9. The van der Waals surface area contributed by atoms with Crippen LogP contribution >= 0.6 is 11.8 Å². The highest BCUT2D eigenvalue weighted by Crippen LogP contribution is 2.40. The number of hydrogen-bond acceptors (Lipinski definition) is 7. The second-order valence-corrected chi connectivity index (χ2v) is 7.21. The summed E-state index contributed by atoms with van der Waals surface area (Å²) in [7, 11) is 3.09. The van der Waals surface area contributed by atoms with Gasteiger partial charge in [-0.2, -0.15) is 0 Å². The van der Waals surface area contributed by atoms with E-state index < -0.39 is 5.97 Å². The molecule has 1 aromatic carbocycles. The van der Waals surface area contributed by atoms with Gasteiger partial charge in [-0.3, -0.25) is 4.79 Å². The minimum absolute atomic E-state index is 0.0920. The van der Waals surface area contributed by atoms with E-state index in [1.807, 2.05) is 19.9 Å². The average Bonchev–Trinajstić information content (AvgIpc) is 2.98. The summed E-state index contributed by atoms with van der Waals surface area (Å²) in [6.07, 6.45) is 2.61.